The van der Waals surface area contributed by atoms with Crippen molar-refractivity contribution < 1.29 is 0 Å². The Morgan fingerprint density at radius 2 is 0.757 bits per heavy atom. The average Bonchev–Trinajstić information content (AvgIpc) is 3.98. The first-order chi connectivity index (χ1) is 34.5. The van der Waals surface area contributed by atoms with Crippen LogP contribution in [0.15, 0.2) is 255 Å². The van der Waals surface area contributed by atoms with Gasteiger partial charge >= 0.3 is 0 Å². The van der Waals surface area contributed by atoms with Gasteiger partial charge in [0.2, 0.25) is 0 Å². The van der Waals surface area contributed by atoms with Crippen molar-refractivity contribution in [2.24, 2.45) is 0 Å². The molecule has 1 atom stereocenters. The minimum atomic E-state index is -0.593. The van der Waals surface area contributed by atoms with E-state index in [1.54, 1.807) is 0 Å². The molecule has 0 aromatic heterocycles. The molecule has 0 aliphatic heterocycles. The van der Waals surface area contributed by atoms with Crippen LogP contribution >= 0.6 is 0 Å². The monoisotopic (exact) mass is 892 g/mol. The highest BCUT2D eigenvalue weighted by molar-refractivity contribution is 6.03. The van der Waals surface area contributed by atoms with E-state index in [2.05, 4.69) is 278 Å². The van der Waals surface area contributed by atoms with Crippen LogP contribution in [0, 0.1) is 0 Å². The zero-order chi connectivity index (χ0) is 46.6. The van der Waals surface area contributed by atoms with E-state index in [9.17, 15) is 0 Å². The standard InChI is InChI=1S/C68H48N2/c1-67(2)58-32-14-11-29-53(58)55-40-38-50(43-62(55)67)69(48-25-7-4-8-26-48)65-37-19-35-61-66(65)57-31-13-16-34-60(57)68(61)59-33-15-12-30-54(59)56-41-39-51(44-63(56)68)70(64-36-18-23-46-22-9-10-28-52(46)64)49-27-17-24-47(42-49)45-20-5-3-6-21-45/h3-44H,1-2H3. The molecule has 0 saturated carbocycles. The predicted octanol–water partition coefficient (Wildman–Crippen LogP) is 18.1. The van der Waals surface area contributed by atoms with Crippen molar-refractivity contribution >= 4 is 44.9 Å². The van der Waals surface area contributed by atoms with Gasteiger partial charge in [0.05, 0.1) is 16.8 Å². The van der Waals surface area contributed by atoms with Gasteiger partial charge in [0, 0.05) is 39.1 Å². The number of anilines is 6. The number of rotatable bonds is 7. The molecule has 0 bridgehead atoms. The van der Waals surface area contributed by atoms with Crippen LogP contribution in [0.2, 0.25) is 0 Å². The summed E-state index contributed by atoms with van der Waals surface area (Å²) in [6.07, 6.45) is 0. The Kier molecular flexibility index (Phi) is 8.88. The first-order valence-electron chi connectivity index (χ1n) is 24.5. The SMILES string of the molecule is CC1(C)c2ccccc2-c2ccc(N(c3ccccc3)c3cccc4c3-c3ccccc3C43c4ccccc4-c4ccc(N(c5cccc(-c6ccccc6)c5)c5cccc6ccccc56)cc43)cc21. The Labute approximate surface area is 410 Å². The first-order valence-corrected chi connectivity index (χ1v) is 24.5. The van der Waals surface area contributed by atoms with Crippen LogP contribution in [0.3, 0.4) is 0 Å². The van der Waals surface area contributed by atoms with Gasteiger partial charge in [-0.1, -0.05) is 208 Å². The predicted molar refractivity (Wildman–Crippen MR) is 293 cm³/mol. The van der Waals surface area contributed by atoms with Crippen molar-refractivity contribution in [3.8, 4) is 44.5 Å². The molecule has 14 rings (SSSR count). The quantitative estimate of drug-likeness (QED) is 0.157. The second-order valence-electron chi connectivity index (χ2n) is 19.6. The van der Waals surface area contributed by atoms with Crippen LogP contribution in [-0.2, 0) is 10.8 Å². The van der Waals surface area contributed by atoms with Crippen molar-refractivity contribution in [2.75, 3.05) is 9.80 Å². The maximum atomic E-state index is 2.51. The van der Waals surface area contributed by atoms with E-state index < -0.39 is 5.41 Å². The lowest BCUT2D eigenvalue weighted by Crippen LogP contribution is -2.26. The van der Waals surface area contributed by atoms with E-state index in [1.807, 2.05) is 0 Å². The van der Waals surface area contributed by atoms with Crippen molar-refractivity contribution in [2.45, 2.75) is 24.7 Å². The zero-order valence-corrected chi connectivity index (χ0v) is 39.1. The summed E-state index contributed by atoms with van der Waals surface area (Å²) >= 11 is 0. The van der Waals surface area contributed by atoms with Crippen LogP contribution in [0.5, 0.6) is 0 Å². The van der Waals surface area contributed by atoms with Gasteiger partial charge in [-0.05, 0) is 138 Å². The van der Waals surface area contributed by atoms with Crippen molar-refractivity contribution in [1.29, 1.82) is 0 Å². The molecule has 3 aliphatic rings. The van der Waals surface area contributed by atoms with Gasteiger partial charge in [0.1, 0.15) is 0 Å². The van der Waals surface area contributed by atoms with E-state index in [0.717, 1.165) is 28.4 Å². The minimum Gasteiger partial charge on any atom is -0.310 e. The summed E-state index contributed by atoms with van der Waals surface area (Å²) in [5, 5.41) is 2.41. The van der Waals surface area contributed by atoms with Crippen LogP contribution in [0.1, 0.15) is 47.2 Å². The van der Waals surface area contributed by atoms with E-state index in [0.29, 0.717) is 0 Å². The molecule has 1 unspecified atom stereocenters. The molecule has 3 aliphatic carbocycles. The fourth-order valence-corrected chi connectivity index (χ4v) is 12.6. The zero-order valence-electron chi connectivity index (χ0n) is 39.1. The third-order valence-electron chi connectivity index (χ3n) is 15.6. The first kappa shape index (κ1) is 40.4. The summed E-state index contributed by atoms with van der Waals surface area (Å²) in [6.45, 7) is 4.75. The van der Waals surface area contributed by atoms with E-state index in [4.69, 9.17) is 0 Å². The Bertz CT molecular complexity index is 3880. The lowest BCUT2D eigenvalue weighted by molar-refractivity contribution is 0.660. The van der Waals surface area contributed by atoms with Crippen LogP contribution in [0.4, 0.5) is 34.1 Å². The van der Waals surface area contributed by atoms with Crippen LogP contribution < -0.4 is 9.80 Å². The molecule has 0 saturated heterocycles. The van der Waals surface area contributed by atoms with Crippen molar-refractivity contribution in [1.82, 2.24) is 0 Å². The van der Waals surface area contributed by atoms with Gasteiger partial charge in [-0.2, -0.15) is 0 Å². The van der Waals surface area contributed by atoms with Gasteiger partial charge in [-0.25, -0.2) is 0 Å². The highest BCUT2D eigenvalue weighted by atomic mass is 15.2. The van der Waals surface area contributed by atoms with Crippen LogP contribution in [0.25, 0.3) is 55.3 Å². The second kappa shape index (κ2) is 15.4. The highest BCUT2D eigenvalue weighted by Gasteiger charge is 2.53. The normalized spacial score (nSPS) is 15.2. The van der Waals surface area contributed by atoms with Gasteiger partial charge in [-0.3, -0.25) is 0 Å². The van der Waals surface area contributed by atoms with Gasteiger partial charge in [0.15, 0.2) is 0 Å². The molecule has 0 fully saturated rings. The van der Waals surface area contributed by atoms with E-state index in [1.165, 1.54) is 94.3 Å². The number of hydrogen-bond donors (Lipinski definition) is 0. The maximum Gasteiger partial charge on any atom is 0.0727 e. The van der Waals surface area contributed by atoms with Gasteiger partial charge < -0.3 is 9.80 Å². The third kappa shape index (κ3) is 5.74. The molecular formula is C68H48N2. The Morgan fingerprint density at radius 1 is 0.286 bits per heavy atom. The second-order valence-corrected chi connectivity index (χ2v) is 19.6. The molecule has 1 spiro atoms. The summed E-state index contributed by atoms with van der Waals surface area (Å²) in [5.41, 5.74) is 24.1. The molecule has 2 nitrogen and oxygen atoms in total. The summed E-state index contributed by atoms with van der Waals surface area (Å²) in [6, 6.07) is 94.9. The fourth-order valence-electron chi connectivity index (χ4n) is 12.6. The smallest absolute Gasteiger partial charge is 0.0727 e. The molecule has 2 heteroatoms. The van der Waals surface area contributed by atoms with Crippen LogP contribution in [-0.4, -0.2) is 0 Å². The molecule has 11 aromatic carbocycles. The number of fused-ring (bicyclic) bond motifs is 14. The van der Waals surface area contributed by atoms with Crippen molar-refractivity contribution in [3.63, 3.8) is 0 Å². The third-order valence-corrected chi connectivity index (χ3v) is 15.6. The number of nitrogens with zero attached hydrogens (tertiary/aromatic N) is 2. The Balaban J connectivity index is 1.02. The topological polar surface area (TPSA) is 6.48 Å². The largest absolute Gasteiger partial charge is 0.310 e. The molecule has 0 radical (unpaired) electrons. The molecule has 11 aromatic rings. The summed E-state index contributed by atoms with van der Waals surface area (Å²) in [4.78, 5) is 4.99. The molecule has 0 amide bonds. The summed E-state index contributed by atoms with van der Waals surface area (Å²) in [5.74, 6) is 0. The highest BCUT2D eigenvalue weighted by Crippen LogP contribution is 2.65. The summed E-state index contributed by atoms with van der Waals surface area (Å²) in [7, 11) is 0. The van der Waals surface area contributed by atoms with Crippen molar-refractivity contribution in [3.05, 3.63) is 288 Å². The Hall–Kier alpha value is -8.72. The molecule has 70 heavy (non-hydrogen) atoms. The average molecular weight is 893 g/mol. The Morgan fingerprint density at radius 3 is 1.53 bits per heavy atom. The molecule has 0 N–H and O–H groups in total. The molecular weight excluding hydrogens is 845 g/mol. The fraction of sp³-hybridized carbons (Fsp3) is 0.0588. The van der Waals surface area contributed by atoms with Gasteiger partial charge in [0.25, 0.3) is 0 Å². The lowest BCUT2D eigenvalue weighted by atomic mass is 9.70. The number of benzene rings is 11. The van der Waals surface area contributed by atoms with E-state index >= 15 is 0 Å². The number of para-hydroxylation sites is 1. The summed E-state index contributed by atoms with van der Waals surface area (Å²) < 4.78 is 0. The lowest BCUT2D eigenvalue weighted by Gasteiger charge is -2.33. The van der Waals surface area contributed by atoms with Gasteiger partial charge in [-0.15, -0.1) is 0 Å². The molecule has 330 valence electrons. The van der Waals surface area contributed by atoms with E-state index in [-0.39, 0.29) is 5.41 Å². The minimum absolute atomic E-state index is 0.142. The maximum absolute atomic E-state index is 2.51. The number of hydrogen-bond acceptors (Lipinski definition) is 2. The molecule has 0 heterocycles.